The molecule has 0 aliphatic carbocycles. The van der Waals surface area contributed by atoms with Gasteiger partial charge >= 0.3 is 0 Å². The lowest BCUT2D eigenvalue weighted by Crippen LogP contribution is -2.57. The maximum Gasteiger partial charge on any atom is 0.257 e. The van der Waals surface area contributed by atoms with Gasteiger partial charge in [-0.15, -0.1) is 0 Å². The van der Waals surface area contributed by atoms with Crippen LogP contribution in [0.1, 0.15) is 34.6 Å². The molecule has 176 valence electrons. The van der Waals surface area contributed by atoms with Gasteiger partial charge in [0.15, 0.2) is 0 Å². The van der Waals surface area contributed by atoms with E-state index in [2.05, 4.69) is 5.32 Å². The zero-order chi connectivity index (χ0) is 24.1. The number of methoxy groups -OCH3 is 1. The molecule has 0 spiro atoms. The van der Waals surface area contributed by atoms with Crippen LogP contribution >= 0.6 is 0 Å². The first-order valence-electron chi connectivity index (χ1n) is 10.7. The minimum atomic E-state index is -0.992. The molecule has 2 aromatic carbocycles. The fourth-order valence-corrected chi connectivity index (χ4v) is 3.68. The van der Waals surface area contributed by atoms with E-state index in [1.165, 1.54) is 6.07 Å². The van der Waals surface area contributed by atoms with Crippen LogP contribution in [0.2, 0.25) is 0 Å². The van der Waals surface area contributed by atoms with Gasteiger partial charge in [0.25, 0.3) is 11.8 Å². The van der Waals surface area contributed by atoms with Crippen LogP contribution in [0.3, 0.4) is 0 Å². The zero-order valence-electron chi connectivity index (χ0n) is 18.8. The normalized spacial score (nSPS) is 14.7. The standard InChI is InChI=1S/C24H27F2N3O4/c1-15(2)21(27-22(30)20-18(25)5-4-6-19(20)26)24(32)29-13-11-28(12-14-29)23(31)16-7-9-17(33-3)10-8-16/h4-10,15,21H,11-14H2,1-3H3,(H,27,30)/t21-/m0/s1. The number of nitrogens with one attached hydrogen (secondary N) is 1. The summed E-state index contributed by atoms with van der Waals surface area (Å²) in [4.78, 5) is 41.6. The third-order valence-electron chi connectivity index (χ3n) is 5.62. The number of benzene rings is 2. The van der Waals surface area contributed by atoms with E-state index < -0.39 is 29.1 Å². The molecule has 1 heterocycles. The highest BCUT2D eigenvalue weighted by Crippen LogP contribution is 2.17. The van der Waals surface area contributed by atoms with Gasteiger partial charge in [0.2, 0.25) is 5.91 Å². The second kappa shape index (κ2) is 10.4. The van der Waals surface area contributed by atoms with Gasteiger partial charge in [-0.05, 0) is 42.3 Å². The van der Waals surface area contributed by atoms with Crippen molar-refractivity contribution in [1.82, 2.24) is 15.1 Å². The Hall–Kier alpha value is -3.49. The van der Waals surface area contributed by atoms with Crippen molar-refractivity contribution in [3.05, 3.63) is 65.2 Å². The van der Waals surface area contributed by atoms with E-state index in [1.807, 2.05) is 0 Å². The molecular formula is C24H27F2N3O4. The van der Waals surface area contributed by atoms with Crippen LogP contribution in [0.5, 0.6) is 5.75 Å². The highest BCUT2D eigenvalue weighted by atomic mass is 19.1. The summed E-state index contributed by atoms with van der Waals surface area (Å²) >= 11 is 0. The summed E-state index contributed by atoms with van der Waals surface area (Å²) in [6.07, 6.45) is 0. The highest BCUT2D eigenvalue weighted by molar-refractivity contribution is 5.98. The number of hydrogen-bond donors (Lipinski definition) is 1. The molecule has 3 rings (SSSR count). The van der Waals surface area contributed by atoms with Gasteiger partial charge in [0.05, 0.1) is 7.11 Å². The van der Waals surface area contributed by atoms with E-state index in [0.717, 1.165) is 12.1 Å². The lowest BCUT2D eigenvalue weighted by atomic mass is 10.0. The highest BCUT2D eigenvalue weighted by Gasteiger charge is 2.33. The van der Waals surface area contributed by atoms with E-state index >= 15 is 0 Å². The van der Waals surface area contributed by atoms with Crippen LogP contribution < -0.4 is 10.1 Å². The van der Waals surface area contributed by atoms with Gasteiger partial charge in [-0.1, -0.05) is 19.9 Å². The molecule has 1 aliphatic rings. The van der Waals surface area contributed by atoms with Crippen molar-refractivity contribution >= 4 is 17.7 Å². The van der Waals surface area contributed by atoms with Crippen molar-refractivity contribution in [3.8, 4) is 5.75 Å². The Labute approximate surface area is 191 Å². The molecular weight excluding hydrogens is 432 g/mol. The SMILES string of the molecule is COc1ccc(C(=O)N2CCN(C(=O)[C@@H](NC(=O)c3c(F)cccc3F)C(C)C)CC2)cc1. The Balaban J connectivity index is 1.63. The van der Waals surface area contributed by atoms with Crippen LogP contribution in [0, 0.1) is 17.6 Å². The number of nitrogens with zero attached hydrogens (tertiary/aromatic N) is 2. The van der Waals surface area contributed by atoms with Crippen molar-refractivity contribution in [2.45, 2.75) is 19.9 Å². The number of carbonyl (C=O) groups is 3. The maximum atomic E-state index is 14.0. The molecule has 0 saturated carbocycles. The number of amides is 3. The topological polar surface area (TPSA) is 79.0 Å². The molecule has 7 nitrogen and oxygen atoms in total. The summed E-state index contributed by atoms with van der Waals surface area (Å²) in [6, 6.07) is 8.98. The van der Waals surface area contributed by atoms with Gasteiger partial charge in [-0.2, -0.15) is 0 Å². The van der Waals surface area contributed by atoms with Gasteiger partial charge in [0, 0.05) is 31.7 Å². The Kier molecular flexibility index (Phi) is 7.63. The van der Waals surface area contributed by atoms with Crippen LogP contribution in [0.15, 0.2) is 42.5 Å². The number of piperazine rings is 1. The number of halogens is 2. The summed E-state index contributed by atoms with van der Waals surface area (Å²) < 4.78 is 33.0. The molecule has 1 fully saturated rings. The molecule has 2 aromatic rings. The van der Waals surface area contributed by atoms with E-state index in [0.29, 0.717) is 24.4 Å². The molecule has 33 heavy (non-hydrogen) atoms. The van der Waals surface area contributed by atoms with Gasteiger partial charge in [-0.25, -0.2) is 8.78 Å². The first-order valence-corrected chi connectivity index (χ1v) is 10.7. The number of rotatable bonds is 6. The van der Waals surface area contributed by atoms with Gasteiger partial charge < -0.3 is 19.9 Å². The van der Waals surface area contributed by atoms with E-state index in [4.69, 9.17) is 4.74 Å². The van der Waals surface area contributed by atoms with E-state index in [-0.39, 0.29) is 30.8 Å². The lowest BCUT2D eigenvalue weighted by Gasteiger charge is -2.37. The molecule has 9 heteroatoms. The largest absolute Gasteiger partial charge is 0.497 e. The fourth-order valence-electron chi connectivity index (χ4n) is 3.68. The Morgan fingerprint density at radius 2 is 1.45 bits per heavy atom. The monoisotopic (exact) mass is 459 g/mol. The number of ether oxygens (including phenoxy) is 1. The average Bonchev–Trinajstić information content (AvgIpc) is 2.81. The second-order valence-electron chi connectivity index (χ2n) is 8.14. The van der Waals surface area contributed by atoms with Gasteiger partial charge in [-0.3, -0.25) is 14.4 Å². The van der Waals surface area contributed by atoms with Crippen LogP contribution in [-0.4, -0.2) is 66.9 Å². The average molecular weight is 459 g/mol. The predicted octanol–water partition coefficient (Wildman–Crippen LogP) is 2.71. The molecule has 1 N–H and O–H groups in total. The van der Waals surface area contributed by atoms with Crippen molar-refractivity contribution in [1.29, 1.82) is 0 Å². The minimum absolute atomic E-state index is 0.145. The second-order valence-corrected chi connectivity index (χ2v) is 8.14. The molecule has 0 unspecified atom stereocenters. The Morgan fingerprint density at radius 1 is 0.909 bits per heavy atom. The first kappa shape index (κ1) is 24.2. The molecule has 1 aliphatic heterocycles. The van der Waals surface area contributed by atoms with Gasteiger partial charge in [0.1, 0.15) is 29.0 Å². The van der Waals surface area contributed by atoms with Crippen molar-refractivity contribution < 1.29 is 27.9 Å². The molecule has 0 bridgehead atoms. The molecule has 3 amide bonds. The molecule has 1 atom stereocenters. The molecule has 0 radical (unpaired) electrons. The summed E-state index contributed by atoms with van der Waals surface area (Å²) in [7, 11) is 1.55. The van der Waals surface area contributed by atoms with Crippen LogP contribution in [-0.2, 0) is 4.79 Å². The third-order valence-corrected chi connectivity index (χ3v) is 5.62. The first-order chi connectivity index (χ1) is 15.7. The number of hydrogen-bond acceptors (Lipinski definition) is 4. The van der Waals surface area contributed by atoms with Crippen LogP contribution in [0.25, 0.3) is 0 Å². The molecule has 0 aromatic heterocycles. The predicted molar refractivity (Wildman–Crippen MR) is 118 cm³/mol. The zero-order valence-corrected chi connectivity index (χ0v) is 18.8. The molecule has 1 saturated heterocycles. The van der Waals surface area contributed by atoms with Crippen molar-refractivity contribution in [2.24, 2.45) is 5.92 Å². The van der Waals surface area contributed by atoms with E-state index in [9.17, 15) is 23.2 Å². The third kappa shape index (κ3) is 5.47. The van der Waals surface area contributed by atoms with Crippen LogP contribution in [0.4, 0.5) is 8.78 Å². The van der Waals surface area contributed by atoms with E-state index in [1.54, 1.807) is 55.0 Å². The maximum absolute atomic E-state index is 14.0. The smallest absolute Gasteiger partial charge is 0.257 e. The minimum Gasteiger partial charge on any atom is -0.497 e. The van der Waals surface area contributed by atoms with Crippen molar-refractivity contribution in [2.75, 3.05) is 33.3 Å². The lowest BCUT2D eigenvalue weighted by molar-refractivity contribution is -0.135. The van der Waals surface area contributed by atoms with Crippen molar-refractivity contribution in [3.63, 3.8) is 0 Å². The number of carbonyl (C=O) groups excluding carboxylic acids is 3. The summed E-state index contributed by atoms with van der Waals surface area (Å²) in [5, 5.41) is 2.48. The Bertz CT molecular complexity index is 999. The summed E-state index contributed by atoms with van der Waals surface area (Å²) in [5.74, 6) is -3.12. The Morgan fingerprint density at radius 3 is 1.97 bits per heavy atom. The summed E-state index contributed by atoms with van der Waals surface area (Å²) in [6.45, 7) is 4.71. The summed E-state index contributed by atoms with van der Waals surface area (Å²) in [5.41, 5.74) is -0.194. The fraction of sp³-hybridized carbons (Fsp3) is 0.375. The quantitative estimate of drug-likeness (QED) is 0.721.